The molecule has 0 atom stereocenters. The van der Waals surface area contributed by atoms with Crippen LogP contribution in [0.5, 0.6) is 5.88 Å². The van der Waals surface area contributed by atoms with Gasteiger partial charge in [-0.25, -0.2) is 9.48 Å². The Kier molecular flexibility index (Phi) is 3.85. The Morgan fingerprint density at radius 3 is 2.77 bits per heavy atom. The van der Waals surface area contributed by atoms with E-state index in [1.807, 2.05) is 19.8 Å². The van der Waals surface area contributed by atoms with E-state index in [1.54, 1.807) is 10.9 Å². The standard InChI is InChI=1S/C17H18N2O2S/c1-4-19-17(21)15(8-18-19)14-7-10(2)16-13(11(14)3)6-5-12(9-20)22-16/h7-8,21H,4-6H2,1-3H3. The van der Waals surface area contributed by atoms with Gasteiger partial charge in [0, 0.05) is 11.4 Å². The first-order chi connectivity index (χ1) is 10.6. The van der Waals surface area contributed by atoms with E-state index in [0.717, 1.165) is 44.9 Å². The largest absolute Gasteiger partial charge is 0.493 e. The van der Waals surface area contributed by atoms with Crippen LogP contribution in [0.3, 0.4) is 0 Å². The molecule has 0 fully saturated rings. The molecule has 1 aliphatic rings. The van der Waals surface area contributed by atoms with Crippen molar-refractivity contribution in [2.24, 2.45) is 0 Å². The molecule has 1 N–H and O–H groups in total. The van der Waals surface area contributed by atoms with Gasteiger partial charge >= 0.3 is 0 Å². The summed E-state index contributed by atoms with van der Waals surface area (Å²) in [6.45, 7) is 6.71. The van der Waals surface area contributed by atoms with Crippen LogP contribution in [0.25, 0.3) is 11.1 Å². The van der Waals surface area contributed by atoms with Crippen LogP contribution in [-0.2, 0) is 17.8 Å². The molecule has 0 saturated carbocycles. The van der Waals surface area contributed by atoms with Crippen molar-refractivity contribution in [2.75, 3.05) is 0 Å². The van der Waals surface area contributed by atoms with Gasteiger partial charge in [0.15, 0.2) is 0 Å². The van der Waals surface area contributed by atoms with Crippen LogP contribution in [-0.4, -0.2) is 20.8 Å². The van der Waals surface area contributed by atoms with Crippen LogP contribution in [0.2, 0.25) is 0 Å². The van der Waals surface area contributed by atoms with Crippen molar-refractivity contribution in [2.45, 2.75) is 45.1 Å². The molecule has 0 saturated heterocycles. The Bertz CT molecular complexity index is 801. The van der Waals surface area contributed by atoms with Gasteiger partial charge < -0.3 is 5.11 Å². The van der Waals surface area contributed by atoms with E-state index in [4.69, 9.17) is 0 Å². The van der Waals surface area contributed by atoms with E-state index < -0.39 is 0 Å². The minimum atomic E-state index is 0.210. The maximum Gasteiger partial charge on any atom is 0.217 e. The average Bonchev–Trinajstić information content (AvgIpc) is 2.91. The van der Waals surface area contributed by atoms with E-state index in [9.17, 15) is 9.90 Å². The molecule has 5 heteroatoms. The molecule has 1 aliphatic heterocycles. The lowest BCUT2D eigenvalue weighted by atomic mass is 9.92. The number of nitrogens with zero attached hydrogens (tertiary/aromatic N) is 2. The summed E-state index contributed by atoms with van der Waals surface area (Å²) in [7, 11) is 0. The normalized spacial score (nSPS) is 13.9. The maximum atomic E-state index is 10.9. The third kappa shape index (κ3) is 2.27. The highest BCUT2D eigenvalue weighted by Gasteiger charge is 2.23. The molecule has 22 heavy (non-hydrogen) atoms. The fourth-order valence-electron chi connectivity index (χ4n) is 2.97. The van der Waals surface area contributed by atoms with Crippen molar-refractivity contribution < 1.29 is 9.90 Å². The van der Waals surface area contributed by atoms with E-state index in [1.165, 1.54) is 17.3 Å². The molecule has 0 radical (unpaired) electrons. The van der Waals surface area contributed by atoms with E-state index in [2.05, 4.69) is 18.1 Å². The summed E-state index contributed by atoms with van der Waals surface area (Å²) in [5.74, 6) is 2.24. The molecule has 1 aromatic carbocycles. The smallest absolute Gasteiger partial charge is 0.217 e. The first kappa shape index (κ1) is 14.9. The molecule has 3 rings (SSSR count). The molecule has 1 aromatic heterocycles. The number of carbonyl (C=O) groups excluding carboxylic acids is 1. The topological polar surface area (TPSA) is 55.1 Å². The average molecular weight is 314 g/mol. The minimum absolute atomic E-state index is 0.210. The number of hydrogen-bond donors (Lipinski definition) is 1. The van der Waals surface area contributed by atoms with Gasteiger partial charge in [-0.1, -0.05) is 11.8 Å². The molecule has 0 bridgehead atoms. The highest BCUT2D eigenvalue weighted by Crippen LogP contribution is 2.44. The van der Waals surface area contributed by atoms with Gasteiger partial charge in [0.2, 0.25) is 5.88 Å². The fraction of sp³-hybridized carbons (Fsp3) is 0.353. The second-order valence-electron chi connectivity index (χ2n) is 5.50. The first-order valence-corrected chi connectivity index (χ1v) is 8.18. The molecule has 114 valence electrons. The zero-order chi connectivity index (χ0) is 15.9. The Morgan fingerprint density at radius 1 is 1.36 bits per heavy atom. The van der Waals surface area contributed by atoms with Crippen molar-refractivity contribution in [1.82, 2.24) is 9.78 Å². The van der Waals surface area contributed by atoms with Gasteiger partial charge in [0.1, 0.15) is 5.94 Å². The Labute approximate surface area is 133 Å². The van der Waals surface area contributed by atoms with Gasteiger partial charge in [-0.05, 0) is 61.9 Å². The summed E-state index contributed by atoms with van der Waals surface area (Å²) in [6.07, 6.45) is 3.31. The van der Waals surface area contributed by atoms with Crippen molar-refractivity contribution in [3.05, 3.63) is 33.9 Å². The second-order valence-corrected chi connectivity index (χ2v) is 6.60. The molecular weight excluding hydrogens is 296 g/mol. The number of allylic oxidation sites excluding steroid dienone is 1. The van der Waals surface area contributed by atoms with Crippen molar-refractivity contribution >= 4 is 17.7 Å². The monoisotopic (exact) mass is 314 g/mol. The van der Waals surface area contributed by atoms with Crippen molar-refractivity contribution in [3.8, 4) is 17.0 Å². The summed E-state index contributed by atoms with van der Waals surface area (Å²) < 4.78 is 1.59. The van der Waals surface area contributed by atoms with Gasteiger partial charge in [-0.15, -0.1) is 0 Å². The third-order valence-electron chi connectivity index (χ3n) is 4.19. The molecule has 0 amide bonds. The highest BCUT2D eigenvalue weighted by atomic mass is 32.2. The maximum absolute atomic E-state index is 10.9. The van der Waals surface area contributed by atoms with Gasteiger partial charge in [-0.3, -0.25) is 0 Å². The van der Waals surface area contributed by atoms with Crippen LogP contribution < -0.4 is 0 Å². The summed E-state index contributed by atoms with van der Waals surface area (Å²) in [4.78, 5) is 12.8. The van der Waals surface area contributed by atoms with Crippen LogP contribution in [0.15, 0.2) is 22.1 Å². The number of aryl methyl sites for hydroxylation is 2. The number of hydrogen-bond acceptors (Lipinski definition) is 4. The third-order valence-corrected chi connectivity index (χ3v) is 5.50. The van der Waals surface area contributed by atoms with Crippen LogP contribution >= 0.6 is 11.8 Å². The lowest BCUT2D eigenvalue weighted by molar-refractivity contribution is 0.406. The lowest BCUT2D eigenvalue weighted by Crippen LogP contribution is -2.04. The number of benzene rings is 1. The summed E-state index contributed by atoms with van der Waals surface area (Å²) in [5, 5.41) is 14.5. The molecule has 0 spiro atoms. The lowest BCUT2D eigenvalue weighted by Gasteiger charge is -2.22. The van der Waals surface area contributed by atoms with E-state index >= 15 is 0 Å². The molecule has 0 aliphatic carbocycles. The Hall–Kier alpha value is -1.97. The van der Waals surface area contributed by atoms with Crippen LogP contribution in [0.1, 0.15) is 30.0 Å². The first-order valence-electron chi connectivity index (χ1n) is 7.36. The molecule has 0 unspecified atom stereocenters. The fourth-order valence-corrected chi connectivity index (χ4v) is 4.06. The van der Waals surface area contributed by atoms with E-state index in [-0.39, 0.29) is 5.88 Å². The summed E-state index contributed by atoms with van der Waals surface area (Å²) in [6, 6.07) is 2.08. The quantitative estimate of drug-likeness (QED) is 0.860. The Morgan fingerprint density at radius 2 is 2.14 bits per heavy atom. The number of aromatic nitrogens is 2. The molecule has 2 heterocycles. The predicted octanol–water partition coefficient (Wildman–Crippen LogP) is 3.65. The predicted molar refractivity (Wildman–Crippen MR) is 87.9 cm³/mol. The van der Waals surface area contributed by atoms with Gasteiger partial charge in [0.25, 0.3) is 0 Å². The van der Waals surface area contributed by atoms with Crippen LogP contribution in [0, 0.1) is 13.8 Å². The minimum Gasteiger partial charge on any atom is -0.493 e. The number of rotatable bonds is 2. The van der Waals surface area contributed by atoms with Crippen molar-refractivity contribution in [1.29, 1.82) is 0 Å². The zero-order valence-corrected chi connectivity index (χ0v) is 13.8. The number of fused-ring (bicyclic) bond motifs is 1. The molecule has 4 nitrogen and oxygen atoms in total. The summed E-state index contributed by atoms with van der Waals surface area (Å²) >= 11 is 1.53. The van der Waals surface area contributed by atoms with Gasteiger partial charge in [-0.2, -0.15) is 5.10 Å². The second kappa shape index (κ2) is 5.67. The molecular formula is C17H18N2O2S. The van der Waals surface area contributed by atoms with E-state index in [0.29, 0.717) is 6.54 Å². The molecule has 2 aromatic rings. The van der Waals surface area contributed by atoms with Gasteiger partial charge in [0.05, 0.1) is 16.7 Å². The Balaban J connectivity index is 2.17. The number of thioether (sulfide) groups is 1. The van der Waals surface area contributed by atoms with Crippen molar-refractivity contribution in [3.63, 3.8) is 0 Å². The summed E-state index contributed by atoms with van der Waals surface area (Å²) in [5.41, 5.74) is 5.34. The van der Waals surface area contributed by atoms with Crippen LogP contribution in [0.4, 0.5) is 0 Å². The SMILES string of the molecule is CCn1ncc(-c2cc(C)c3c(c2C)CCC(=C=O)S3)c1O. The zero-order valence-electron chi connectivity index (χ0n) is 12.9. The number of aromatic hydroxyl groups is 1. The highest BCUT2D eigenvalue weighted by molar-refractivity contribution is 8.03.